The summed E-state index contributed by atoms with van der Waals surface area (Å²) in [5.74, 6) is 0.0191. The van der Waals surface area contributed by atoms with E-state index >= 15 is 0 Å². The minimum Gasteiger partial charge on any atom is -0.338 e. The molecule has 1 atom stereocenters. The van der Waals surface area contributed by atoms with Crippen molar-refractivity contribution in [2.45, 2.75) is 6.04 Å². The maximum Gasteiger partial charge on any atom is 0.244 e. The average Bonchev–Trinajstić information content (AvgIpc) is 2.69. The largest absolute Gasteiger partial charge is 0.338 e. The van der Waals surface area contributed by atoms with Crippen molar-refractivity contribution in [1.82, 2.24) is 9.80 Å². The van der Waals surface area contributed by atoms with Crippen molar-refractivity contribution in [3.8, 4) is 0 Å². The summed E-state index contributed by atoms with van der Waals surface area (Å²) in [7, 11) is 0. The van der Waals surface area contributed by atoms with Crippen molar-refractivity contribution in [2.24, 2.45) is 5.73 Å². The number of rotatable bonds is 5. The van der Waals surface area contributed by atoms with Crippen LogP contribution in [0.2, 0.25) is 0 Å². The van der Waals surface area contributed by atoms with E-state index in [2.05, 4.69) is 29.2 Å². The minimum absolute atomic E-state index is 0.0191. The summed E-state index contributed by atoms with van der Waals surface area (Å²) < 4.78 is 0. The third-order valence-electron chi connectivity index (χ3n) is 4.58. The van der Waals surface area contributed by atoms with E-state index in [9.17, 15) is 4.79 Å². The fourth-order valence-electron chi connectivity index (χ4n) is 3.05. The Balaban J connectivity index is 1.47. The van der Waals surface area contributed by atoms with Crippen LogP contribution in [0.1, 0.15) is 17.2 Å². The highest BCUT2D eigenvalue weighted by Gasteiger charge is 2.25. The van der Waals surface area contributed by atoms with Gasteiger partial charge in [0.2, 0.25) is 5.91 Å². The van der Waals surface area contributed by atoms with Gasteiger partial charge in [0.25, 0.3) is 0 Å². The lowest BCUT2D eigenvalue weighted by Crippen LogP contribution is -2.50. The molecular formula is C21H25N3O. The molecule has 25 heavy (non-hydrogen) atoms. The lowest BCUT2D eigenvalue weighted by Gasteiger charge is -2.35. The van der Waals surface area contributed by atoms with Crippen LogP contribution in [-0.2, 0) is 4.79 Å². The fourth-order valence-corrected chi connectivity index (χ4v) is 3.05. The zero-order valence-corrected chi connectivity index (χ0v) is 14.4. The van der Waals surface area contributed by atoms with Crippen molar-refractivity contribution in [1.29, 1.82) is 0 Å². The number of piperazine rings is 1. The van der Waals surface area contributed by atoms with Crippen LogP contribution in [0.5, 0.6) is 0 Å². The van der Waals surface area contributed by atoms with E-state index in [4.69, 9.17) is 5.73 Å². The molecule has 0 unspecified atom stereocenters. The van der Waals surface area contributed by atoms with Crippen molar-refractivity contribution in [3.63, 3.8) is 0 Å². The molecule has 1 aliphatic rings. The SMILES string of the molecule is N[C@H](C(=O)N1CCN(C/C=C/c2ccccc2)CC1)c1ccccc1. The van der Waals surface area contributed by atoms with Gasteiger partial charge in [-0.3, -0.25) is 9.69 Å². The number of carbonyl (C=O) groups excluding carboxylic acids is 1. The second-order valence-electron chi connectivity index (χ2n) is 6.33. The monoisotopic (exact) mass is 335 g/mol. The molecule has 1 saturated heterocycles. The van der Waals surface area contributed by atoms with Crippen molar-refractivity contribution in [3.05, 3.63) is 77.9 Å². The van der Waals surface area contributed by atoms with Crippen LogP contribution >= 0.6 is 0 Å². The number of amides is 1. The summed E-state index contributed by atoms with van der Waals surface area (Å²) >= 11 is 0. The van der Waals surface area contributed by atoms with Gasteiger partial charge in [-0.1, -0.05) is 72.8 Å². The first kappa shape index (κ1) is 17.4. The molecule has 1 aliphatic heterocycles. The highest BCUT2D eigenvalue weighted by atomic mass is 16.2. The maximum absolute atomic E-state index is 12.6. The molecule has 2 aromatic carbocycles. The topological polar surface area (TPSA) is 49.6 Å². The molecule has 0 saturated carbocycles. The molecule has 0 bridgehead atoms. The zero-order chi connectivity index (χ0) is 17.5. The summed E-state index contributed by atoms with van der Waals surface area (Å²) in [4.78, 5) is 16.8. The lowest BCUT2D eigenvalue weighted by atomic mass is 10.1. The first-order chi connectivity index (χ1) is 12.2. The second kappa shape index (κ2) is 8.60. The molecule has 0 radical (unpaired) electrons. The number of hydrogen-bond acceptors (Lipinski definition) is 3. The number of nitrogens with zero attached hydrogens (tertiary/aromatic N) is 2. The molecule has 130 valence electrons. The Labute approximate surface area is 149 Å². The minimum atomic E-state index is -0.564. The van der Waals surface area contributed by atoms with E-state index < -0.39 is 6.04 Å². The third kappa shape index (κ3) is 4.78. The smallest absolute Gasteiger partial charge is 0.244 e. The molecule has 0 spiro atoms. The second-order valence-corrected chi connectivity index (χ2v) is 6.33. The maximum atomic E-state index is 12.6. The lowest BCUT2D eigenvalue weighted by molar-refractivity contribution is -0.134. The van der Waals surface area contributed by atoms with Gasteiger partial charge in [-0.05, 0) is 11.1 Å². The summed E-state index contributed by atoms with van der Waals surface area (Å²) in [5.41, 5.74) is 8.22. The summed E-state index contributed by atoms with van der Waals surface area (Å²) in [6, 6.07) is 19.3. The molecule has 2 aromatic rings. The molecule has 0 aliphatic carbocycles. The third-order valence-corrected chi connectivity index (χ3v) is 4.58. The number of nitrogens with two attached hydrogens (primary N) is 1. The summed E-state index contributed by atoms with van der Waals surface area (Å²) in [6.07, 6.45) is 4.32. The van der Waals surface area contributed by atoms with Crippen LogP contribution in [0.25, 0.3) is 6.08 Å². The summed E-state index contributed by atoms with van der Waals surface area (Å²) in [5, 5.41) is 0. The molecular weight excluding hydrogens is 310 g/mol. The van der Waals surface area contributed by atoms with Gasteiger partial charge in [-0.15, -0.1) is 0 Å². The fraction of sp³-hybridized carbons (Fsp3) is 0.286. The predicted molar refractivity (Wildman–Crippen MR) is 102 cm³/mol. The van der Waals surface area contributed by atoms with Crippen molar-refractivity contribution in [2.75, 3.05) is 32.7 Å². The summed E-state index contributed by atoms with van der Waals surface area (Å²) in [6.45, 7) is 4.14. The Morgan fingerprint density at radius 1 is 0.960 bits per heavy atom. The number of benzene rings is 2. The quantitative estimate of drug-likeness (QED) is 0.913. The van der Waals surface area contributed by atoms with Crippen LogP contribution in [-0.4, -0.2) is 48.4 Å². The van der Waals surface area contributed by atoms with E-state index in [1.165, 1.54) is 5.56 Å². The van der Waals surface area contributed by atoms with Crippen LogP contribution in [0.15, 0.2) is 66.7 Å². The van der Waals surface area contributed by atoms with Crippen molar-refractivity contribution >= 4 is 12.0 Å². The normalized spacial score (nSPS) is 16.9. The Morgan fingerprint density at radius 3 is 2.20 bits per heavy atom. The van der Waals surface area contributed by atoms with Gasteiger partial charge in [0.15, 0.2) is 0 Å². The van der Waals surface area contributed by atoms with Crippen LogP contribution in [0.3, 0.4) is 0 Å². The molecule has 4 heteroatoms. The molecule has 0 aromatic heterocycles. The first-order valence-corrected chi connectivity index (χ1v) is 8.77. The van der Waals surface area contributed by atoms with Gasteiger partial charge in [0.05, 0.1) is 0 Å². The Morgan fingerprint density at radius 2 is 1.56 bits per heavy atom. The zero-order valence-electron chi connectivity index (χ0n) is 14.4. The number of hydrogen-bond donors (Lipinski definition) is 1. The standard InChI is InChI=1S/C21H25N3O/c22-20(19-11-5-2-6-12-19)21(25)24-16-14-23(15-17-24)13-7-10-18-8-3-1-4-9-18/h1-12,20H,13-17,22H2/b10-7+/t20-/m0/s1. The van der Waals surface area contributed by atoms with Crippen LogP contribution in [0.4, 0.5) is 0 Å². The predicted octanol–water partition coefficient (Wildman–Crippen LogP) is 2.54. The van der Waals surface area contributed by atoms with Gasteiger partial charge >= 0.3 is 0 Å². The van der Waals surface area contributed by atoms with E-state index in [1.54, 1.807) is 0 Å². The van der Waals surface area contributed by atoms with Crippen LogP contribution in [0, 0.1) is 0 Å². The Hall–Kier alpha value is -2.43. The molecule has 4 nitrogen and oxygen atoms in total. The highest BCUT2D eigenvalue weighted by Crippen LogP contribution is 2.14. The van der Waals surface area contributed by atoms with Gasteiger partial charge in [0, 0.05) is 32.7 Å². The van der Waals surface area contributed by atoms with Gasteiger partial charge in [0.1, 0.15) is 6.04 Å². The molecule has 3 rings (SSSR count). The van der Waals surface area contributed by atoms with E-state index in [1.807, 2.05) is 53.4 Å². The van der Waals surface area contributed by atoms with Crippen LogP contribution < -0.4 is 5.73 Å². The number of carbonyl (C=O) groups is 1. The average molecular weight is 335 g/mol. The van der Waals surface area contributed by atoms with Crippen molar-refractivity contribution < 1.29 is 4.79 Å². The van der Waals surface area contributed by atoms with Gasteiger partial charge < -0.3 is 10.6 Å². The van der Waals surface area contributed by atoms with E-state index in [0.717, 1.165) is 38.3 Å². The van der Waals surface area contributed by atoms with Gasteiger partial charge in [-0.2, -0.15) is 0 Å². The molecule has 1 amide bonds. The van der Waals surface area contributed by atoms with Gasteiger partial charge in [-0.25, -0.2) is 0 Å². The Bertz CT molecular complexity index is 692. The van der Waals surface area contributed by atoms with E-state index in [-0.39, 0.29) is 5.91 Å². The molecule has 1 heterocycles. The van der Waals surface area contributed by atoms with E-state index in [0.29, 0.717) is 0 Å². The Kier molecular flexibility index (Phi) is 5.99. The molecule has 1 fully saturated rings. The molecule has 2 N–H and O–H groups in total. The highest BCUT2D eigenvalue weighted by molar-refractivity contribution is 5.83. The first-order valence-electron chi connectivity index (χ1n) is 8.77.